The number of amides is 1. The van der Waals surface area contributed by atoms with Crippen LogP contribution in [-0.4, -0.2) is 56.7 Å². The number of carbonyl (C=O) groups excluding carboxylic acids is 1. The van der Waals surface area contributed by atoms with E-state index in [0.717, 1.165) is 51.5 Å². The summed E-state index contributed by atoms with van der Waals surface area (Å²) < 4.78 is 4.71. The van der Waals surface area contributed by atoms with Crippen molar-refractivity contribution in [3.8, 4) is 0 Å². The highest BCUT2D eigenvalue weighted by Crippen LogP contribution is 2.28. The van der Waals surface area contributed by atoms with Gasteiger partial charge in [-0.2, -0.15) is 0 Å². The van der Waals surface area contributed by atoms with Crippen molar-refractivity contribution in [1.82, 2.24) is 15.6 Å². The third kappa shape index (κ3) is 22.2. The number of aromatic nitrogens is 2. The Morgan fingerprint density at radius 3 is 1.64 bits per heavy atom. The molecule has 0 aliphatic rings. The van der Waals surface area contributed by atoms with E-state index in [1.165, 1.54) is 141 Å². The van der Waals surface area contributed by atoms with Crippen LogP contribution in [0.25, 0.3) is 11.0 Å². The number of nitrogens with zero attached hydrogens (tertiary/aromatic N) is 3. The maximum absolute atomic E-state index is 12.4. The van der Waals surface area contributed by atoms with Crippen LogP contribution in [0.5, 0.6) is 0 Å². The number of nitro benzene ring substituents is 1. The Bertz CT molecular complexity index is 1190. The molecule has 1 heterocycles. The fourth-order valence-electron chi connectivity index (χ4n) is 7.19. The molecule has 2 aromatic rings. The number of hydrogen-bond donors (Lipinski definition) is 4. The van der Waals surface area contributed by atoms with Gasteiger partial charge in [-0.3, -0.25) is 14.9 Å². The Balaban J connectivity index is 1.32. The van der Waals surface area contributed by atoms with Gasteiger partial charge in [0.15, 0.2) is 5.52 Å². The van der Waals surface area contributed by atoms with Gasteiger partial charge in [-0.25, -0.2) is 4.63 Å². The van der Waals surface area contributed by atoms with Crippen molar-refractivity contribution in [2.24, 2.45) is 0 Å². The number of nitrogens with one attached hydrogen (secondary N) is 2. The van der Waals surface area contributed by atoms with E-state index in [2.05, 4.69) is 27.9 Å². The number of fused-ring (bicyclic) bond motifs is 1. The van der Waals surface area contributed by atoms with Crippen LogP contribution < -0.4 is 10.6 Å². The lowest BCUT2D eigenvalue weighted by Gasteiger charge is -2.22. The molecule has 0 fully saturated rings. The van der Waals surface area contributed by atoms with Crippen molar-refractivity contribution < 1.29 is 24.6 Å². The van der Waals surface area contributed by atoms with Crippen LogP contribution in [0.2, 0.25) is 0 Å². The quantitative estimate of drug-likeness (QED) is 0.0299. The third-order valence-corrected chi connectivity index (χ3v) is 10.6. The van der Waals surface area contributed by atoms with E-state index >= 15 is 0 Å². The molecule has 304 valence electrons. The molecule has 0 saturated carbocycles. The van der Waals surface area contributed by atoms with E-state index in [1.807, 2.05) is 0 Å². The van der Waals surface area contributed by atoms with E-state index in [9.17, 15) is 25.1 Å². The van der Waals surface area contributed by atoms with Gasteiger partial charge in [-0.1, -0.05) is 174 Å². The van der Waals surface area contributed by atoms with Gasteiger partial charge in [0.05, 0.1) is 29.4 Å². The molecule has 2 rings (SSSR count). The number of aliphatic hydroxyl groups is 2. The van der Waals surface area contributed by atoms with Gasteiger partial charge in [0.1, 0.15) is 0 Å². The molecule has 1 aromatic carbocycles. The number of nitro groups is 1. The molecule has 11 heteroatoms. The van der Waals surface area contributed by atoms with E-state index in [-0.39, 0.29) is 23.7 Å². The third-order valence-electron chi connectivity index (χ3n) is 10.6. The average molecular weight is 746 g/mol. The van der Waals surface area contributed by atoms with Gasteiger partial charge in [0.2, 0.25) is 11.4 Å². The van der Waals surface area contributed by atoms with Crippen LogP contribution >= 0.6 is 0 Å². The molecule has 1 aromatic heterocycles. The number of unbranched alkanes of at least 4 members (excludes halogenated alkanes) is 26. The number of non-ortho nitro benzene ring substituents is 1. The second-order valence-electron chi connectivity index (χ2n) is 15.3. The SMILES string of the molecule is CCCCCCCCCCCCCCCCCC(=O)N[C@@H](CO)[C@H](O)CCCCCCCCCCCCCCCNc1ccc([N+](=O)[O-])c2nonc12. The first kappa shape index (κ1) is 46.4. The van der Waals surface area contributed by atoms with Gasteiger partial charge in [0, 0.05) is 19.0 Å². The van der Waals surface area contributed by atoms with Crippen LogP contribution in [-0.2, 0) is 4.79 Å². The number of aliphatic hydroxyl groups excluding tert-OH is 2. The van der Waals surface area contributed by atoms with Gasteiger partial charge >= 0.3 is 5.69 Å². The van der Waals surface area contributed by atoms with Crippen molar-refractivity contribution in [2.45, 2.75) is 212 Å². The number of anilines is 1. The second-order valence-corrected chi connectivity index (χ2v) is 15.3. The summed E-state index contributed by atoms with van der Waals surface area (Å²) in [6.45, 7) is 2.82. The zero-order valence-corrected chi connectivity index (χ0v) is 33.3. The minimum atomic E-state index is -0.695. The Kier molecular flexibility index (Phi) is 27.6. The summed E-state index contributed by atoms with van der Waals surface area (Å²) in [5.74, 6) is -0.0558. The summed E-state index contributed by atoms with van der Waals surface area (Å²) in [4.78, 5) is 23.0. The monoisotopic (exact) mass is 746 g/mol. The number of carbonyl (C=O) groups is 1. The lowest BCUT2D eigenvalue weighted by Crippen LogP contribution is -2.45. The van der Waals surface area contributed by atoms with E-state index in [0.29, 0.717) is 24.0 Å². The molecule has 0 saturated heterocycles. The lowest BCUT2D eigenvalue weighted by atomic mass is 10.0. The molecule has 0 aliphatic carbocycles. The molecule has 0 bridgehead atoms. The minimum absolute atomic E-state index is 0.0558. The van der Waals surface area contributed by atoms with E-state index in [1.54, 1.807) is 6.07 Å². The van der Waals surface area contributed by atoms with Crippen LogP contribution in [0, 0.1) is 10.1 Å². The van der Waals surface area contributed by atoms with Gasteiger partial charge < -0.3 is 20.8 Å². The Labute approximate surface area is 320 Å². The maximum atomic E-state index is 12.4. The number of benzene rings is 1. The highest BCUT2D eigenvalue weighted by Gasteiger charge is 2.20. The van der Waals surface area contributed by atoms with Crippen LogP contribution in [0.3, 0.4) is 0 Å². The molecule has 53 heavy (non-hydrogen) atoms. The standard InChI is InChI=1S/C42H75N5O6/c1-2-3-4-5-6-7-8-9-10-13-16-19-22-25-28-31-40(50)44-37(35-48)39(49)30-27-24-21-18-15-12-11-14-17-20-23-26-29-34-43-36-32-33-38(47(51)52)42-41(36)45-53-46-42/h32-33,37,39,43,48-49H,2-31,34-35H2,1H3,(H,44,50)/t37-,39+/m0/s1. The molecular formula is C42H75N5O6. The highest BCUT2D eigenvalue weighted by atomic mass is 16.6. The predicted octanol–water partition coefficient (Wildman–Crippen LogP) is 11.1. The summed E-state index contributed by atoms with van der Waals surface area (Å²) in [5, 5.41) is 45.1. The minimum Gasteiger partial charge on any atom is -0.394 e. The molecule has 0 spiro atoms. The van der Waals surface area contributed by atoms with Gasteiger partial charge in [-0.15, -0.1) is 0 Å². The number of rotatable bonds is 37. The van der Waals surface area contributed by atoms with E-state index < -0.39 is 17.1 Å². The zero-order valence-electron chi connectivity index (χ0n) is 33.3. The Morgan fingerprint density at radius 1 is 0.698 bits per heavy atom. The fourth-order valence-corrected chi connectivity index (χ4v) is 7.19. The summed E-state index contributed by atoms with van der Waals surface area (Å²) in [7, 11) is 0. The molecule has 11 nitrogen and oxygen atoms in total. The second kappa shape index (κ2) is 31.5. The van der Waals surface area contributed by atoms with Crippen molar-refractivity contribution >= 4 is 28.3 Å². The summed E-state index contributed by atoms with van der Waals surface area (Å²) in [6.07, 6.45) is 35.2. The fraction of sp³-hybridized carbons (Fsp3) is 0.833. The molecule has 0 unspecified atom stereocenters. The normalized spacial score (nSPS) is 12.7. The summed E-state index contributed by atoms with van der Waals surface area (Å²) >= 11 is 0. The summed E-state index contributed by atoms with van der Waals surface area (Å²) in [6, 6.07) is 2.52. The molecular weight excluding hydrogens is 670 g/mol. The average Bonchev–Trinajstić information content (AvgIpc) is 3.65. The van der Waals surface area contributed by atoms with Crippen molar-refractivity contribution in [3.63, 3.8) is 0 Å². The van der Waals surface area contributed by atoms with Crippen molar-refractivity contribution in [1.29, 1.82) is 0 Å². The van der Waals surface area contributed by atoms with Crippen LogP contribution in [0.15, 0.2) is 16.8 Å². The first-order valence-corrected chi connectivity index (χ1v) is 21.7. The first-order chi connectivity index (χ1) is 26.0. The zero-order chi connectivity index (χ0) is 38.2. The highest BCUT2D eigenvalue weighted by molar-refractivity contribution is 5.93. The molecule has 0 radical (unpaired) electrons. The molecule has 1 amide bonds. The summed E-state index contributed by atoms with van der Waals surface area (Å²) in [5.41, 5.74) is 1.17. The first-order valence-electron chi connectivity index (χ1n) is 21.7. The van der Waals surface area contributed by atoms with Crippen LogP contribution in [0.4, 0.5) is 11.4 Å². The Hall–Kier alpha value is -2.79. The van der Waals surface area contributed by atoms with Crippen molar-refractivity contribution in [2.75, 3.05) is 18.5 Å². The molecule has 0 aliphatic heterocycles. The van der Waals surface area contributed by atoms with Crippen LogP contribution in [0.1, 0.15) is 200 Å². The van der Waals surface area contributed by atoms with E-state index in [4.69, 9.17) is 4.63 Å². The topological polar surface area (TPSA) is 164 Å². The lowest BCUT2D eigenvalue weighted by molar-refractivity contribution is -0.383. The molecule has 4 N–H and O–H groups in total. The van der Waals surface area contributed by atoms with Crippen molar-refractivity contribution in [3.05, 3.63) is 22.2 Å². The van der Waals surface area contributed by atoms with Gasteiger partial charge in [0.25, 0.3) is 0 Å². The largest absolute Gasteiger partial charge is 0.394 e. The molecule has 2 atom stereocenters. The predicted molar refractivity (Wildman–Crippen MR) is 216 cm³/mol. The van der Waals surface area contributed by atoms with Gasteiger partial charge in [-0.05, 0) is 35.6 Å². The Morgan fingerprint density at radius 2 is 1.15 bits per heavy atom. The maximum Gasteiger partial charge on any atom is 0.300 e. The smallest absolute Gasteiger partial charge is 0.300 e. The number of hydrogen-bond acceptors (Lipinski definition) is 9.